The third-order valence-electron chi connectivity index (χ3n) is 26.3. The van der Waals surface area contributed by atoms with Gasteiger partial charge in [0.25, 0.3) is 0 Å². The second-order valence-corrected chi connectivity index (χ2v) is 33.5. The molecule has 3 nitrogen and oxygen atoms in total. The van der Waals surface area contributed by atoms with Gasteiger partial charge < -0.3 is 14.2 Å². The van der Waals surface area contributed by atoms with Crippen molar-refractivity contribution >= 4 is 87.6 Å². The van der Waals surface area contributed by atoms with Crippen LogP contribution in [0.25, 0.3) is 109 Å². The molecule has 121 heavy (non-hydrogen) atoms. The van der Waals surface area contributed by atoms with Crippen LogP contribution < -0.4 is 9.80 Å². The highest BCUT2D eigenvalue weighted by Crippen LogP contribution is 2.63. The molecular weight excluding hydrogens is 1480 g/mol. The zero-order valence-electron chi connectivity index (χ0n) is 66.1. The molecule has 0 saturated carbocycles. The molecule has 0 unspecified atom stereocenters. The van der Waals surface area contributed by atoms with E-state index in [0.717, 1.165) is 72.8 Å². The van der Waals surface area contributed by atoms with Crippen LogP contribution in [0.3, 0.4) is 0 Å². The van der Waals surface area contributed by atoms with Gasteiger partial charge in [0, 0.05) is 65.1 Å². The van der Waals surface area contributed by atoms with Gasteiger partial charge in [-0.2, -0.15) is 0 Å². The van der Waals surface area contributed by atoms with Gasteiger partial charge in [-0.3, -0.25) is 0 Å². The van der Waals surface area contributed by atoms with Crippen molar-refractivity contribution in [3.8, 4) is 66.8 Å². The summed E-state index contributed by atoms with van der Waals surface area (Å²) in [6.45, 7) is 0. The average molecular weight is 1560 g/mol. The Labute approximate surface area is 707 Å². The SMILES string of the molecule is c1ccc(N(c2ccc(-c3ccc4sc5cc(-c6cccc7c6-c6ccc(N(c8ccc(-c9ccc%10oc%11ccccc%11c%10c9)cc8)c8ccc9c(c8)C(c8ccccc8)(c8ccccc8)c8ccccc8-9)cc6C7(c6ccccc6)c6ccccc6)ccc5c4c3)cc2)c2ccc3c(c2)C(c2ccccc2)(c2ccccc2)c2ccccc2-3)cc1. The van der Waals surface area contributed by atoms with Crippen LogP contribution >= 0.6 is 11.3 Å². The number of anilines is 6. The van der Waals surface area contributed by atoms with E-state index in [1.165, 1.54) is 137 Å². The van der Waals surface area contributed by atoms with Gasteiger partial charge in [-0.05, 0) is 243 Å². The van der Waals surface area contributed by atoms with Crippen molar-refractivity contribution in [1.82, 2.24) is 0 Å². The average Bonchev–Trinajstić information content (AvgIpc) is 1.54. The van der Waals surface area contributed by atoms with E-state index >= 15 is 0 Å². The molecule has 0 atom stereocenters. The molecule has 2 heterocycles. The maximum atomic E-state index is 6.35. The van der Waals surface area contributed by atoms with Gasteiger partial charge in [-0.25, -0.2) is 0 Å². The monoisotopic (exact) mass is 1560 g/mol. The van der Waals surface area contributed by atoms with Crippen LogP contribution in [0.4, 0.5) is 34.1 Å². The van der Waals surface area contributed by atoms with Crippen molar-refractivity contribution in [2.75, 3.05) is 9.80 Å². The second kappa shape index (κ2) is 28.0. The molecule has 0 amide bonds. The topological polar surface area (TPSA) is 19.6 Å². The van der Waals surface area contributed by atoms with Crippen LogP contribution in [0.15, 0.2) is 465 Å². The molecule has 0 N–H and O–H groups in total. The number of para-hydroxylation sites is 2. The van der Waals surface area contributed by atoms with E-state index in [-0.39, 0.29) is 0 Å². The molecule has 3 aliphatic carbocycles. The molecule has 21 aromatic rings. The highest BCUT2D eigenvalue weighted by Gasteiger charge is 2.50. The Hall–Kier alpha value is -15.2. The molecule has 0 bridgehead atoms. The summed E-state index contributed by atoms with van der Waals surface area (Å²) < 4.78 is 8.86. The van der Waals surface area contributed by atoms with Crippen LogP contribution in [0, 0.1) is 0 Å². The highest BCUT2D eigenvalue weighted by atomic mass is 32.1. The van der Waals surface area contributed by atoms with Crippen LogP contribution in [0.2, 0.25) is 0 Å². The van der Waals surface area contributed by atoms with Gasteiger partial charge in [-0.1, -0.05) is 352 Å². The maximum absolute atomic E-state index is 6.35. The predicted octanol–water partition coefficient (Wildman–Crippen LogP) is 31.0. The van der Waals surface area contributed by atoms with Gasteiger partial charge in [-0.15, -0.1) is 11.3 Å². The summed E-state index contributed by atoms with van der Waals surface area (Å²) in [4.78, 5) is 4.93. The normalized spacial score (nSPS) is 13.5. The lowest BCUT2D eigenvalue weighted by molar-refractivity contribution is 0.669. The Kier molecular flexibility index (Phi) is 16.2. The zero-order valence-corrected chi connectivity index (χ0v) is 66.9. The van der Waals surface area contributed by atoms with E-state index in [1.807, 2.05) is 17.4 Å². The third kappa shape index (κ3) is 10.7. The number of fused-ring (bicyclic) bond motifs is 15. The number of nitrogens with zero attached hydrogens (tertiary/aromatic N) is 2. The highest BCUT2D eigenvalue weighted by molar-refractivity contribution is 7.25. The first-order chi connectivity index (χ1) is 60.0. The molecule has 19 aromatic carbocycles. The number of benzene rings is 19. The number of furan rings is 1. The fourth-order valence-electron chi connectivity index (χ4n) is 21.2. The summed E-state index contributed by atoms with van der Waals surface area (Å²) in [6, 6.07) is 172. The van der Waals surface area contributed by atoms with E-state index < -0.39 is 16.2 Å². The lowest BCUT2D eigenvalue weighted by atomic mass is 9.67. The molecule has 24 rings (SSSR count). The Morgan fingerprint density at radius 1 is 0.182 bits per heavy atom. The predicted molar refractivity (Wildman–Crippen MR) is 504 cm³/mol. The van der Waals surface area contributed by atoms with Crippen molar-refractivity contribution < 1.29 is 4.42 Å². The minimum Gasteiger partial charge on any atom is -0.456 e. The van der Waals surface area contributed by atoms with E-state index in [9.17, 15) is 0 Å². The second-order valence-electron chi connectivity index (χ2n) is 32.4. The smallest absolute Gasteiger partial charge is 0.135 e. The lowest BCUT2D eigenvalue weighted by Crippen LogP contribution is -2.29. The first-order valence-corrected chi connectivity index (χ1v) is 42.6. The first-order valence-electron chi connectivity index (χ1n) is 41.8. The fourth-order valence-corrected chi connectivity index (χ4v) is 22.3. The van der Waals surface area contributed by atoms with Gasteiger partial charge in [0.15, 0.2) is 0 Å². The first kappa shape index (κ1) is 70.0. The minimum atomic E-state index is -0.733. The van der Waals surface area contributed by atoms with Crippen LogP contribution in [-0.4, -0.2) is 0 Å². The third-order valence-corrected chi connectivity index (χ3v) is 27.4. The standard InChI is InChI=1S/C117H76N2OS/c1-8-29-82(30-9-1)115(83-31-10-2-11-32-83)104-47-25-22-43-95(104)97-66-62-91(74-107(97)115)118(88-41-20-7-21-42-88)89-58-51-78(52-59-89)80-57-70-112-103(72-80)100-65-55-81(73-113(100)121-112)94-46-28-49-106-114(94)101-68-64-93(76-109(101)117(106,86-37-16-5-17-38-86)87-39-18-6-19-40-87)119(90-60-53-77(54-61-90)79-56-69-111-102(71-79)99-45-24-27-50-110(99)120-111)92-63-67-98-96-44-23-26-48-105(96)116(108(98)75-92,84-33-12-3-13-34-84)85-35-14-4-15-36-85/h1-76H. The lowest BCUT2D eigenvalue weighted by Gasteiger charge is -2.36. The molecule has 2 aromatic heterocycles. The van der Waals surface area contributed by atoms with Crippen LogP contribution in [0.1, 0.15) is 66.8 Å². The molecule has 4 heteroatoms. The summed E-state index contributed by atoms with van der Waals surface area (Å²) in [5.41, 5.74) is 35.7. The number of hydrogen-bond donors (Lipinski definition) is 0. The molecule has 3 aliphatic rings. The van der Waals surface area contributed by atoms with Gasteiger partial charge in [0.2, 0.25) is 0 Å². The van der Waals surface area contributed by atoms with Gasteiger partial charge in [0.1, 0.15) is 11.2 Å². The maximum Gasteiger partial charge on any atom is 0.135 e. The molecule has 0 fully saturated rings. The minimum absolute atomic E-state index is 0.527. The zero-order chi connectivity index (χ0) is 79.7. The Morgan fingerprint density at radius 3 is 1.03 bits per heavy atom. The van der Waals surface area contributed by atoms with Crippen LogP contribution in [-0.2, 0) is 16.2 Å². The van der Waals surface area contributed by atoms with Crippen molar-refractivity contribution in [1.29, 1.82) is 0 Å². The molecule has 0 spiro atoms. The van der Waals surface area contributed by atoms with Crippen molar-refractivity contribution in [2.45, 2.75) is 16.2 Å². The summed E-state index contributed by atoms with van der Waals surface area (Å²) in [6.07, 6.45) is 0. The van der Waals surface area contributed by atoms with E-state index in [0.29, 0.717) is 0 Å². The van der Waals surface area contributed by atoms with Crippen molar-refractivity contribution in [3.63, 3.8) is 0 Å². The Balaban J connectivity index is 0.631. The summed E-state index contributed by atoms with van der Waals surface area (Å²) in [5, 5.41) is 4.73. The fraction of sp³-hybridized carbons (Fsp3) is 0.0256. The van der Waals surface area contributed by atoms with Crippen molar-refractivity contribution in [3.05, 3.63) is 528 Å². The Morgan fingerprint density at radius 2 is 0.529 bits per heavy atom. The van der Waals surface area contributed by atoms with Crippen LogP contribution in [0.5, 0.6) is 0 Å². The largest absolute Gasteiger partial charge is 0.456 e. The van der Waals surface area contributed by atoms with E-state index in [1.54, 1.807) is 0 Å². The van der Waals surface area contributed by atoms with E-state index in [2.05, 4.69) is 465 Å². The number of rotatable bonds is 15. The molecule has 0 aliphatic heterocycles. The summed E-state index contributed by atoms with van der Waals surface area (Å²) >= 11 is 1.88. The molecule has 0 saturated heterocycles. The number of hydrogen-bond acceptors (Lipinski definition) is 4. The summed E-state index contributed by atoms with van der Waals surface area (Å²) in [7, 11) is 0. The Bertz CT molecular complexity index is 7490. The van der Waals surface area contributed by atoms with Crippen molar-refractivity contribution in [2.24, 2.45) is 0 Å². The summed E-state index contributed by atoms with van der Waals surface area (Å²) in [5.74, 6) is 0. The van der Waals surface area contributed by atoms with Gasteiger partial charge in [0.05, 0.1) is 16.2 Å². The molecule has 566 valence electrons. The molecular formula is C117H76N2OS. The molecule has 0 radical (unpaired) electrons. The van der Waals surface area contributed by atoms with Gasteiger partial charge >= 0.3 is 0 Å². The quantitative estimate of drug-likeness (QED) is 0.102. The number of thiophene rings is 1. The van der Waals surface area contributed by atoms with E-state index in [4.69, 9.17) is 4.42 Å².